The number of fused-ring (bicyclic) bond motifs is 2. The Morgan fingerprint density at radius 1 is 1.20 bits per heavy atom. The van der Waals surface area contributed by atoms with Gasteiger partial charge in [0.1, 0.15) is 5.69 Å². The number of aromatic nitrogens is 4. The van der Waals surface area contributed by atoms with Crippen molar-refractivity contribution in [1.82, 2.24) is 24.6 Å². The van der Waals surface area contributed by atoms with E-state index < -0.39 is 0 Å². The third-order valence-corrected chi connectivity index (χ3v) is 5.44. The van der Waals surface area contributed by atoms with Crippen LogP contribution in [0.3, 0.4) is 0 Å². The molecule has 3 aromatic heterocycles. The van der Waals surface area contributed by atoms with Gasteiger partial charge in [-0.15, -0.1) is 0 Å². The second kappa shape index (κ2) is 7.76. The molecule has 1 aliphatic heterocycles. The largest absolute Gasteiger partial charge is 0.373 e. The van der Waals surface area contributed by atoms with Crippen LogP contribution in [-0.2, 0) is 17.9 Å². The topological polar surface area (TPSA) is 76.0 Å². The normalized spacial score (nSPS) is 16.0. The first-order chi connectivity index (χ1) is 14.7. The SMILES string of the molecule is Cc1cccc(COCC2CN(C(=O)c3cc4ccccc4[nH]3)Cc3ccnn32)n1. The molecule has 0 bridgehead atoms. The molecule has 0 saturated carbocycles. The van der Waals surface area contributed by atoms with Crippen molar-refractivity contribution in [3.63, 3.8) is 0 Å². The van der Waals surface area contributed by atoms with Crippen LogP contribution in [-0.4, -0.2) is 43.7 Å². The van der Waals surface area contributed by atoms with Crippen molar-refractivity contribution in [2.24, 2.45) is 0 Å². The molecule has 7 heteroatoms. The first kappa shape index (κ1) is 18.6. The minimum Gasteiger partial charge on any atom is -0.373 e. The highest BCUT2D eigenvalue weighted by molar-refractivity contribution is 5.98. The van der Waals surface area contributed by atoms with E-state index in [0.717, 1.165) is 28.0 Å². The fraction of sp³-hybridized carbons (Fsp3) is 0.261. The molecule has 5 rings (SSSR count). The summed E-state index contributed by atoms with van der Waals surface area (Å²) in [5, 5.41) is 5.49. The molecule has 1 amide bonds. The summed E-state index contributed by atoms with van der Waals surface area (Å²) in [5.74, 6) is -0.0102. The number of pyridine rings is 1. The number of carbonyl (C=O) groups is 1. The molecule has 0 radical (unpaired) electrons. The molecule has 4 heterocycles. The molecule has 1 aliphatic rings. The van der Waals surface area contributed by atoms with E-state index >= 15 is 0 Å². The number of nitrogens with zero attached hydrogens (tertiary/aromatic N) is 4. The minimum absolute atomic E-state index is 0.0102. The number of aromatic amines is 1. The summed E-state index contributed by atoms with van der Waals surface area (Å²) in [6, 6.07) is 17.7. The molecule has 1 unspecified atom stereocenters. The Kier molecular flexibility index (Phi) is 4.80. The number of H-pyrrole nitrogens is 1. The van der Waals surface area contributed by atoms with E-state index in [-0.39, 0.29) is 11.9 Å². The summed E-state index contributed by atoms with van der Waals surface area (Å²) in [4.78, 5) is 22.8. The standard InChI is InChI=1S/C23H23N5O2/c1-16-5-4-7-18(25-16)14-30-15-20-13-27(12-19-9-10-24-28(19)20)23(29)22-11-17-6-2-3-8-21(17)26-22/h2-11,20,26H,12-15H2,1H3. The lowest BCUT2D eigenvalue weighted by Gasteiger charge is -2.33. The number of nitrogens with one attached hydrogen (secondary N) is 1. The molecule has 30 heavy (non-hydrogen) atoms. The van der Waals surface area contributed by atoms with E-state index in [9.17, 15) is 4.79 Å². The van der Waals surface area contributed by atoms with Crippen LogP contribution in [0.2, 0.25) is 0 Å². The summed E-state index contributed by atoms with van der Waals surface area (Å²) in [6.07, 6.45) is 1.78. The Hall–Kier alpha value is -3.45. The number of para-hydroxylation sites is 1. The number of benzene rings is 1. The summed E-state index contributed by atoms with van der Waals surface area (Å²) in [6.45, 7) is 3.94. The maximum atomic E-state index is 13.2. The van der Waals surface area contributed by atoms with Crippen LogP contribution in [0.4, 0.5) is 0 Å². The summed E-state index contributed by atoms with van der Waals surface area (Å²) >= 11 is 0. The van der Waals surface area contributed by atoms with Gasteiger partial charge in [0.05, 0.1) is 37.2 Å². The first-order valence-corrected chi connectivity index (χ1v) is 10.1. The zero-order chi connectivity index (χ0) is 20.5. The first-order valence-electron chi connectivity index (χ1n) is 10.1. The number of ether oxygens (including phenoxy) is 1. The average molecular weight is 401 g/mol. The van der Waals surface area contributed by atoms with Gasteiger partial charge in [-0.2, -0.15) is 5.10 Å². The van der Waals surface area contributed by atoms with Crippen molar-refractivity contribution in [1.29, 1.82) is 0 Å². The van der Waals surface area contributed by atoms with Crippen molar-refractivity contribution >= 4 is 16.8 Å². The van der Waals surface area contributed by atoms with Gasteiger partial charge in [-0.05, 0) is 37.3 Å². The van der Waals surface area contributed by atoms with Crippen molar-refractivity contribution in [2.75, 3.05) is 13.2 Å². The van der Waals surface area contributed by atoms with Gasteiger partial charge in [0.25, 0.3) is 5.91 Å². The molecular formula is C23H23N5O2. The van der Waals surface area contributed by atoms with Crippen molar-refractivity contribution < 1.29 is 9.53 Å². The Morgan fingerprint density at radius 3 is 2.97 bits per heavy atom. The monoisotopic (exact) mass is 401 g/mol. The third kappa shape index (κ3) is 3.59. The van der Waals surface area contributed by atoms with Gasteiger partial charge in [0.2, 0.25) is 0 Å². The molecule has 0 aliphatic carbocycles. The molecule has 152 valence electrons. The van der Waals surface area contributed by atoms with Gasteiger partial charge in [-0.1, -0.05) is 24.3 Å². The molecular weight excluding hydrogens is 378 g/mol. The van der Waals surface area contributed by atoms with Crippen LogP contribution in [0.5, 0.6) is 0 Å². The van der Waals surface area contributed by atoms with E-state index in [2.05, 4.69) is 15.1 Å². The smallest absolute Gasteiger partial charge is 0.270 e. The van der Waals surface area contributed by atoms with Crippen molar-refractivity contribution in [3.8, 4) is 0 Å². The minimum atomic E-state index is -0.0399. The van der Waals surface area contributed by atoms with Crippen molar-refractivity contribution in [3.05, 3.63) is 83.6 Å². The van der Waals surface area contributed by atoms with Gasteiger partial charge >= 0.3 is 0 Å². The molecule has 4 aromatic rings. The Bertz CT molecular complexity index is 1160. The number of hydrogen-bond acceptors (Lipinski definition) is 4. The lowest BCUT2D eigenvalue weighted by atomic mass is 10.2. The number of aryl methyl sites for hydroxylation is 1. The molecule has 0 saturated heterocycles. The van der Waals surface area contributed by atoms with Crippen molar-refractivity contribution in [2.45, 2.75) is 26.1 Å². The quantitative estimate of drug-likeness (QED) is 0.555. The summed E-state index contributed by atoms with van der Waals surface area (Å²) < 4.78 is 7.92. The van der Waals surface area contributed by atoms with Crippen LogP contribution < -0.4 is 0 Å². The fourth-order valence-corrected chi connectivity index (χ4v) is 4.00. The molecule has 0 spiro atoms. The molecule has 1 aromatic carbocycles. The van der Waals surface area contributed by atoms with Gasteiger partial charge in [0.15, 0.2) is 0 Å². The highest BCUT2D eigenvalue weighted by Gasteiger charge is 2.30. The lowest BCUT2D eigenvalue weighted by Crippen LogP contribution is -2.42. The summed E-state index contributed by atoms with van der Waals surface area (Å²) in [5.41, 5.74) is 4.45. The molecule has 0 fully saturated rings. The average Bonchev–Trinajstić information content (AvgIpc) is 3.40. The molecule has 1 N–H and O–H groups in total. The van der Waals surface area contributed by atoms with Crippen LogP contribution in [0.25, 0.3) is 10.9 Å². The van der Waals surface area contributed by atoms with E-state index in [1.54, 1.807) is 6.20 Å². The Balaban J connectivity index is 1.31. The van der Waals surface area contributed by atoms with E-state index in [1.807, 2.05) is 71.1 Å². The number of carbonyl (C=O) groups excluding carboxylic acids is 1. The predicted octanol–water partition coefficient (Wildman–Crippen LogP) is 3.48. The summed E-state index contributed by atoms with van der Waals surface area (Å²) in [7, 11) is 0. The fourth-order valence-electron chi connectivity index (χ4n) is 4.00. The van der Waals surface area contributed by atoms with E-state index in [1.165, 1.54) is 0 Å². The number of hydrogen-bond donors (Lipinski definition) is 1. The molecule has 1 atom stereocenters. The lowest BCUT2D eigenvalue weighted by molar-refractivity contribution is 0.0437. The number of rotatable bonds is 5. The molecule has 7 nitrogen and oxygen atoms in total. The zero-order valence-corrected chi connectivity index (χ0v) is 16.8. The van der Waals surface area contributed by atoms with Gasteiger partial charge in [-0.3, -0.25) is 14.5 Å². The van der Waals surface area contributed by atoms with Crippen LogP contribution in [0.1, 0.15) is 33.6 Å². The van der Waals surface area contributed by atoms with Crippen LogP contribution in [0.15, 0.2) is 60.8 Å². The third-order valence-electron chi connectivity index (χ3n) is 5.44. The Morgan fingerprint density at radius 2 is 2.10 bits per heavy atom. The van der Waals surface area contributed by atoms with E-state index in [4.69, 9.17) is 4.74 Å². The van der Waals surface area contributed by atoms with Gasteiger partial charge in [0, 0.05) is 29.3 Å². The Labute approximate surface area is 174 Å². The maximum absolute atomic E-state index is 13.2. The van der Waals surface area contributed by atoms with E-state index in [0.29, 0.717) is 32.0 Å². The van der Waals surface area contributed by atoms with Gasteiger partial charge < -0.3 is 14.6 Å². The zero-order valence-electron chi connectivity index (χ0n) is 16.8. The highest BCUT2D eigenvalue weighted by Crippen LogP contribution is 2.24. The van der Waals surface area contributed by atoms with Crippen LogP contribution in [0, 0.1) is 6.92 Å². The number of amides is 1. The van der Waals surface area contributed by atoms with Gasteiger partial charge in [-0.25, -0.2) is 0 Å². The second-order valence-electron chi connectivity index (χ2n) is 7.66. The predicted molar refractivity (Wildman–Crippen MR) is 113 cm³/mol. The highest BCUT2D eigenvalue weighted by atomic mass is 16.5. The van der Waals surface area contributed by atoms with Crippen LogP contribution >= 0.6 is 0 Å². The second-order valence-corrected chi connectivity index (χ2v) is 7.66. The maximum Gasteiger partial charge on any atom is 0.270 e.